The number of alkyl halides is 3. The molecule has 0 atom stereocenters. The smallest absolute Gasteiger partial charge is 0.390 e. The molecule has 0 aliphatic heterocycles. The Hall–Kier alpha value is -1.50. The fourth-order valence-electron chi connectivity index (χ4n) is 1.93. The molecule has 1 amide bonds. The van der Waals surface area contributed by atoms with Gasteiger partial charge in [0.25, 0.3) is 5.91 Å². The molecule has 20 heavy (non-hydrogen) atoms. The third-order valence-electron chi connectivity index (χ3n) is 3.23. The highest BCUT2D eigenvalue weighted by atomic mass is 19.4. The van der Waals surface area contributed by atoms with E-state index in [0.29, 0.717) is 18.2 Å². The second-order valence-corrected chi connectivity index (χ2v) is 5.07. The Morgan fingerprint density at radius 3 is 2.65 bits per heavy atom. The maximum absolute atomic E-state index is 12.3. The first-order valence-corrected chi connectivity index (χ1v) is 6.52. The molecule has 2 N–H and O–H groups in total. The van der Waals surface area contributed by atoms with Crippen molar-refractivity contribution in [1.29, 1.82) is 0 Å². The number of carbonyl (C=O) groups is 1. The molecule has 0 bridgehead atoms. The van der Waals surface area contributed by atoms with E-state index in [-0.39, 0.29) is 18.7 Å². The molecule has 1 aromatic rings. The fourth-order valence-corrected chi connectivity index (χ4v) is 1.93. The molecule has 0 spiro atoms. The van der Waals surface area contributed by atoms with E-state index >= 15 is 0 Å². The second-order valence-electron chi connectivity index (χ2n) is 5.07. The van der Waals surface area contributed by atoms with Crippen molar-refractivity contribution in [3.63, 3.8) is 0 Å². The molecule has 112 valence electrons. The topological polar surface area (TPSA) is 59.5 Å². The van der Waals surface area contributed by atoms with Crippen molar-refractivity contribution in [2.24, 2.45) is 11.7 Å². The van der Waals surface area contributed by atoms with E-state index in [9.17, 15) is 18.0 Å². The van der Waals surface area contributed by atoms with E-state index < -0.39 is 18.5 Å². The van der Waals surface area contributed by atoms with Gasteiger partial charge in [-0.15, -0.1) is 0 Å². The van der Waals surface area contributed by atoms with Gasteiger partial charge in [-0.2, -0.15) is 13.2 Å². The number of halogens is 3. The Morgan fingerprint density at radius 1 is 1.45 bits per heavy atom. The van der Waals surface area contributed by atoms with Crippen molar-refractivity contribution in [1.82, 2.24) is 4.90 Å². The summed E-state index contributed by atoms with van der Waals surface area (Å²) < 4.78 is 42.0. The first-order chi connectivity index (χ1) is 9.39. The standard InChI is InChI=1S/C13H17F3N2O2/c14-13(15,16)3-4-18(7-9-1-2-9)12(19)10-5-11(6-17)20-8-10/h5,8-9H,1-4,6-7,17H2. The van der Waals surface area contributed by atoms with E-state index in [1.165, 1.54) is 17.2 Å². The van der Waals surface area contributed by atoms with Crippen LogP contribution in [0.3, 0.4) is 0 Å². The van der Waals surface area contributed by atoms with E-state index in [1.807, 2.05) is 0 Å². The zero-order valence-electron chi connectivity index (χ0n) is 10.9. The van der Waals surface area contributed by atoms with Gasteiger partial charge in [-0.3, -0.25) is 4.79 Å². The van der Waals surface area contributed by atoms with E-state index in [4.69, 9.17) is 10.2 Å². The van der Waals surface area contributed by atoms with Gasteiger partial charge >= 0.3 is 6.18 Å². The van der Waals surface area contributed by atoms with Crippen molar-refractivity contribution >= 4 is 5.91 Å². The number of hydrogen-bond acceptors (Lipinski definition) is 3. The molecule has 7 heteroatoms. The highest BCUT2D eigenvalue weighted by Gasteiger charge is 2.32. The molecular weight excluding hydrogens is 273 g/mol. The minimum absolute atomic E-state index is 0.151. The third-order valence-corrected chi connectivity index (χ3v) is 3.23. The average Bonchev–Trinajstić information content (AvgIpc) is 3.06. The average molecular weight is 290 g/mol. The molecule has 2 rings (SSSR count). The Kier molecular flexibility index (Phi) is 4.37. The van der Waals surface area contributed by atoms with Gasteiger partial charge < -0.3 is 15.1 Å². The maximum atomic E-state index is 12.3. The summed E-state index contributed by atoms with van der Waals surface area (Å²) in [6.07, 6.45) is -2.07. The number of nitrogens with two attached hydrogens (primary N) is 1. The number of rotatable bonds is 6. The summed E-state index contributed by atoms with van der Waals surface area (Å²) >= 11 is 0. The lowest BCUT2D eigenvalue weighted by atomic mass is 10.2. The van der Waals surface area contributed by atoms with Crippen LogP contribution in [0.2, 0.25) is 0 Å². The van der Waals surface area contributed by atoms with Crippen LogP contribution in [0.15, 0.2) is 16.7 Å². The van der Waals surface area contributed by atoms with Gasteiger partial charge in [0.15, 0.2) is 0 Å². The quantitative estimate of drug-likeness (QED) is 0.876. The van der Waals surface area contributed by atoms with Crippen LogP contribution in [0.4, 0.5) is 13.2 Å². The summed E-state index contributed by atoms with van der Waals surface area (Å²) in [7, 11) is 0. The van der Waals surface area contributed by atoms with Gasteiger partial charge in [-0.25, -0.2) is 0 Å². The van der Waals surface area contributed by atoms with E-state index in [2.05, 4.69) is 0 Å². The van der Waals surface area contributed by atoms with Crippen LogP contribution in [0.25, 0.3) is 0 Å². The predicted octanol–water partition coefficient (Wildman–Crippen LogP) is 2.54. The Balaban J connectivity index is 2.02. The number of furan rings is 1. The number of nitrogens with zero attached hydrogens (tertiary/aromatic N) is 1. The summed E-state index contributed by atoms with van der Waals surface area (Å²) in [5.41, 5.74) is 5.64. The van der Waals surface area contributed by atoms with Crippen LogP contribution in [0.1, 0.15) is 35.4 Å². The zero-order valence-corrected chi connectivity index (χ0v) is 10.9. The van der Waals surface area contributed by atoms with Gasteiger partial charge in [0.05, 0.1) is 18.5 Å². The molecule has 0 aromatic carbocycles. The van der Waals surface area contributed by atoms with Crippen LogP contribution in [0.5, 0.6) is 0 Å². The van der Waals surface area contributed by atoms with Gasteiger partial charge in [0.2, 0.25) is 0 Å². The minimum Gasteiger partial charge on any atom is -0.467 e. The zero-order chi connectivity index (χ0) is 14.8. The van der Waals surface area contributed by atoms with Crippen molar-refractivity contribution in [2.75, 3.05) is 13.1 Å². The number of amides is 1. The number of hydrogen-bond donors (Lipinski definition) is 1. The molecule has 1 fully saturated rings. The molecule has 1 heterocycles. The summed E-state index contributed by atoms with van der Waals surface area (Å²) in [6.45, 7) is 0.207. The third kappa shape index (κ3) is 4.26. The molecule has 0 unspecified atom stereocenters. The number of carbonyl (C=O) groups excluding carboxylic acids is 1. The molecule has 1 aromatic heterocycles. The normalized spacial score (nSPS) is 15.4. The molecule has 1 saturated carbocycles. The molecule has 0 radical (unpaired) electrons. The highest BCUT2D eigenvalue weighted by molar-refractivity contribution is 5.94. The lowest BCUT2D eigenvalue weighted by Crippen LogP contribution is -2.35. The molecule has 4 nitrogen and oxygen atoms in total. The summed E-state index contributed by atoms with van der Waals surface area (Å²) in [4.78, 5) is 13.5. The predicted molar refractivity (Wildman–Crippen MR) is 65.9 cm³/mol. The van der Waals surface area contributed by atoms with E-state index in [0.717, 1.165) is 12.8 Å². The lowest BCUT2D eigenvalue weighted by molar-refractivity contribution is -0.136. The van der Waals surface area contributed by atoms with Crippen LogP contribution >= 0.6 is 0 Å². The summed E-state index contributed by atoms with van der Waals surface area (Å²) in [6, 6.07) is 1.48. The molecule has 1 aliphatic rings. The van der Waals surface area contributed by atoms with Crippen LogP contribution in [-0.2, 0) is 6.54 Å². The second kappa shape index (κ2) is 5.87. The van der Waals surface area contributed by atoms with Crippen molar-refractivity contribution in [3.8, 4) is 0 Å². The van der Waals surface area contributed by atoms with Crippen molar-refractivity contribution in [3.05, 3.63) is 23.7 Å². The summed E-state index contributed by atoms with van der Waals surface area (Å²) in [5, 5.41) is 0. The molecule has 0 saturated heterocycles. The largest absolute Gasteiger partial charge is 0.467 e. The lowest BCUT2D eigenvalue weighted by Gasteiger charge is -2.22. The van der Waals surface area contributed by atoms with Gasteiger partial charge in [0.1, 0.15) is 12.0 Å². The molecule has 1 aliphatic carbocycles. The van der Waals surface area contributed by atoms with Crippen molar-refractivity contribution in [2.45, 2.75) is 32.0 Å². The Morgan fingerprint density at radius 2 is 2.15 bits per heavy atom. The van der Waals surface area contributed by atoms with Crippen LogP contribution in [0, 0.1) is 5.92 Å². The van der Waals surface area contributed by atoms with Gasteiger partial charge in [-0.05, 0) is 24.8 Å². The molecular formula is C13H17F3N2O2. The monoisotopic (exact) mass is 290 g/mol. The summed E-state index contributed by atoms with van der Waals surface area (Å²) in [5.74, 6) is 0.341. The SMILES string of the molecule is NCc1cc(C(=O)N(CCC(F)(F)F)CC2CC2)co1. The first kappa shape index (κ1) is 14.9. The van der Waals surface area contributed by atoms with Gasteiger partial charge in [0, 0.05) is 13.1 Å². The van der Waals surface area contributed by atoms with Crippen LogP contribution in [-0.4, -0.2) is 30.1 Å². The highest BCUT2D eigenvalue weighted by Crippen LogP contribution is 2.31. The minimum atomic E-state index is -4.26. The van der Waals surface area contributed by atoms with Crippen molar-refractivity contribution < 1.29 is 22.4 Å². The Labute approximate surface area is 114 Å². The first-order valence-electron chi connectivity index (χ1n) is 6.52. The van der Waals surface area contributed by atoms with E-state index in [1.54, 1.807) is 0 Å². The maximum Gasteiger partial charge on any atom is 0.390 e. The fraction of sp³-hybridized carbons (Fsp3) is 0.615. The van der Waals surface area contributed by atoms with Crippen LogP contribution < -0.4 is 5.73 Å². The Bertz CT molecular complexity index is 466. The van der Waals surface area contributed by atoms with Gasteiger partial charge in [-0.1, -0.05) is 0 Å².